The molecule has 2 aromatic rings. The molecule has 1 amide bonds. The molecular weight excluding hydrogens is 378 g/mol. The second kappa shape index (κ2) is 8.61. The number of nitrogens with one attached hydrogen (secondary N) is 1. The van der Waals surface area contributed by atoms with Gasteiger partial charge in [0.25, 0.3) is 0 Å². The Morgan fingerprint density at radius 3 is 2.67 bits per heavy atom. The zero-order valence-corrected chi connectivity index (χ0v) is 18.4. The number of rotatable bonds is 6. The predicted molar refractivity (Wildman–Crippen MR) is 122 cm³/mol. The number of methoxy groups -OCH3 is 2. The van der Waals surface area contributed by atoms with E-state index in [4.69, 9.17) is 9.47 Å². The molecule has 0 atom stereocenters. The van der Waals surface area contributed by atoms with Crippen molar-refractivity contribution >= 4 is 23.4 Å². The Hall–Kier alpha value is -3.28. The number of hydrazone groups is 1. The fourth-order valence-corrected chi connectivity index (χ4v) is 3.65. The van der Waals surface area contributed by atoms with Gasteiger partial charge >= 0.3 is 0 Å². The van der Waals surface area contributed by atoms with Crippen LogP contribution >= 0.6 is 0 Å². The van der Waals surface area contributed by atoms with Crippen LogP contribution in [0.4, 0.5) is 5.69 Å². The van der Waals surface area contributed by atoms with Gasteiger partial charge in [0.15, 0.2) is 0 Å². The van der Waals surface area contributed by atoms with E-state index in [1.807, 2.05) is 36.4 Å². The fraction of sp³-hybridized carbons (Fsp3) is 0.333. The van der Waals surface area contributed by atoms with E-state index in [1.54, 1.807) is 20.4 Å². The van der Waals surface area contributed by atoms with Crippen LogP contribution < -0.4 is 19.8 Å². The van der Waals surface area contributed by atoms with E-state index < -0.39 is 0 Å². The molecule has 1 aliphatic rings. The normalized spacial score (nSPS) is 14.9. The van der Waals surface area contributed by atoms with Gasteiger partial charge in [-0.15, -0.1) is 0 Å². The first-order valence-corrected chi connectivity index (χ1v) is 9.85. The van der Waals surface area contributed by atoms with Crippen LogP contribution in [-0.4, -0.2) is 38.9 Å². The minimum atomic E-state index is -0.200. The molecule has 0 spiro atoms. The van der Waals surface area contributed by atoms with Crippen LogP contribution in [-0.2, 0) is 11.2 Å². The van der Waals surface area contributed by atoms with Crippen LogP contribution in [0.15, 0.2) is 47.6 Å². The van der Waals surface area contributed by atoms with E-state index in [1.165, 1.54) is 5.57 Å². The number of anilines is 1. The van der Waals surface area contributed by atoms with E-state index >= 15 is 0 Å². The molecule has 6 heteroatoms. The van der Waals surface area contributed by atoms with Gasteiger partial charge in [0, 0.05) is 29.9 Å². The van der Waals surface area contributed by atoms with E-state index in [2.05, 4.69) is 49.3 Å². The topological polar surface area (TPSA) is 63.2 Å². The van der Waals surface area contributed by atoms with Gasteiger partial charge in [-0.2, -0.15) is 5.10 Å². The molecule has 0 aliphatic carbocycles. The molecule has 0 saturated heterocycles. The zero-order valence-electron chi connectivity index (χ0n) is 18.4. The summed E-state index contributed by atoms with van der Waals surface area (Å²) in [7, 11) is 5.32. The van der Waals surface area contributed by atoms with Crippen molar-refractivity contribution in [2.24, 2.45) is 5.10 Å². The summed E-state index contributed by atoms with van der Waals surface area (Å²) in [6.45, 7) is 6.47. The highest BCUT2D eigenvalue weighted by Gasteiger charge is 2.29. The molecule has 0 fully saturated rings. The Labute approximate surface area is 178 Å². The standard InChI is InChI=1S/C24H29N3O3/c1-16-14-24(2,3)27(4)21-13-22(30-6)18(12-20(16)21)15-25-26-23(28)11-17-8-7-9-19(10-17)29-5/h7-10,12-15H,11H2,1-6H3,(H,26,28)/b25-15+. The van der Waals surface area contributed by atoms with E-state index in [9.17, 15) is 4.79 Å². The average Bonchev–Trinajstić information content (AvgIpc) is 2.71. The van der Waals surface area contributed by atoms with Crippen LogP contribution in [0, 0.1) is 0 Å². The number of carbonyl (C=O) groups excluding carboxylic acids is 1. The van der Waals surface area contributed by atoms with E-state index in [0.717, 1.165) is 28.1 Å². The molecule has 2 aromatic carbocycles. The second-order valence-electron chi connectivity index (χ2n) is 7.97. The Bertz CT molecular complexity index is 1010. The van der Waals surface area contributed by atoms with Gasteiger partial charge in [-0.1, -0.05) is 18.2 Å². The number of nitrogens with zero attached hydrogens (tertiary/aromatic N) is 2. The average molecular weight is 408 g/mol. The lowest BCUT2D eigenvalue weighted by Crippen LogP contribution is -2.42. The molecular formula is C24H29N3O3. The molecule has 0 bridgehead atoms. The van der Waals surface area contributed by atoms with Crippen molar-refractivity contribution in [1.29, 1.82) is 0 Å². The SMILES string of the molecule is COc1cccc(CC(=O)N/N=C/c2cc3c(cc2OC)N(C)C(C)(C)C=C3C)c1. The number of fused-ring (bicyclic) bond motifs is 1. The van der Waals surface area contributed by atoms with Crippen molar-refractivity contribution < 1.29 is 14.3 Å². The van der Waals surface area contributed by atoms with Crippen molar-refractivity contribution in [1.82, 2.24) is 5.43 Å². The quantitative estimate of drug-likeness (QED) is 0.580. The minimum absolute atomic E-state index is 0.0776. The first-order valence-electron chi connectivity index (χ1n) is 9.85. The summed E-state index contributed by atoms with van der Waals surface area (Å²) in [5.74, 6) is 1.23. The van der Waals surface area contributed by atoms with Gasteiger partial charge in [0.05, 0.1) is 32.4 Å². The van der Waals surface area contributed by atoms with E-state index in [-0.39, 0.29) is 17.9 Å². The Balaban J connectivity index is 1.77. The summed E-state index contributed by atoms with van der Waals surface area (Å²) in [6.07, 6.45) is 4.09. The lowest BCUT2D eigenvalue weighted by molar-refractivity contribution is -0.120. The summed E-state index contributed by atoms with van der Waals surface area (Å²) < 4.78 is 10.8. The smallest absolute Gasteiger partial charge is 0.244 e. The zero-order chi connectivity index (χ0) is 21.9. The van der Waals surface area contributed by atoms with Crippen molar-refractivity contribution in [3.63, 3.8) is 0 Å². The van der Waals surface area contributed by atoms with Gasteiger partial charge in [0.1, 0.15) is 11.5 Å². The molecule has 1 aliphatic heterocycles. The molecule has 0 unspecified atom stereocenters. The van der Waals surface area contributed by atoms with Gasteiger partial charge in [-0.3, -0.25) is 4.79 Å². The molecule has 1 N–H and O–H groups in total. The highest BCUT2D eigenvalue weighted by Crippen LogP contribution is 2.40. The lowest BCUT2D eigenvalue weighted by atomic mass is 9.88. The number of benzene rings is 2. The fourth-order valence-electron chi connectivity index (χ4n) is 3.65. The molecule has 3 rings (SSSR count). The summed E-state index contributed by atoms with van der Waals surface area (Å²) in [5, 5.41) is 4.14. The van der Waals surface area contributed by atoms with Crippen molar-refractivity contribution in [3.05, 3.63) is 59.2 Å². The lowest BCUT2D eigenvalue weighted by Gasteiger charge is -2.40. The van der Waals surface area contributed by atoms with Crippen molar-refractivity contribution in [2.75, 3.05) is 26.2 Å². The first-order chi connectivity index (χ1) is 14.2. The van der Waals surface area contributed by atoms with Gasteiger partial charge < -0.3 is 14.4 Å². The van der Waals surface area contributed by atoms with Gasteiger partial charge in [-0.25, -0.2) is 5.43 Å². The second-order valence-corrected chi connectivity index (χ2v) is 7.97. The number of hydrogen-bond acceptors (Lipinski definition) is 5. The molecule has 6 nitrogen and oxygen atoms in total. The molecule has 1 heterocycles. The highest BCUT2D eigenvalue weighted by molar-refractivity contribution is 5.91. The van der Waals surface area contributed by atoms with Gasteiger partial charge in [-0.05, 0) is 50.1 Å². The largest absolute Gasteiger partial charge is 0.497 e. The summed E-state index contributed by atoms with van der Waals surface area (Å²) in [4.78, 5) is 14.5. The number of likely N-dealkylation sites (N-methyl/N-ethyl adjacent to an activating group) is 1. The Morgan fingerprint density at radius 1 is 1.20 bits per heavy atom. The number of ether oxygens (including phenoxy) is 2. The van der Waals surface area contributed by atoms with E-state index in [0.29, 0.717) is 5.75 Å². The van der Waals surface area contributed by atoms with Crippen LogP contribution in [0.1, 0.15) is 37.5 Å². The third kappa shape index (κ3) is 4.48. The monoisotopic (exact) mass is 407 g/mol. The third-order valence-corrected chi connectivity index (χ3v) is 5.46. The number of hydrogen-bond donors (Lipinski definition) is 1. The first kappa shape index (κ1) is 21.4. The highest BCUT2D eigenvalue weighted by atomic mass is 16.5. The third-order valence-electron chi connectivity index (χ3n) is 5.46. The van der Waals surface area contributed by atoms with Crippen LogP contribution in [0.5, 0.6) is 11.5 Å². The minimum Gasteiger partial charge on any atom is -0.497 e. The molecule has 0 aromatic heterocycles. The van der Waals surface area contributed by atoms with Gasteiger partial charge in [0.2, 0.25) is 5.91 Å². The summed E-state index contributed by atoms with van der Waals surface area (Å²) in [5.41, 5.74) is 7.61. The van der Waals surface area contributed by atoms with Crippen LogP contribution in [0.2, 0.25) is 0 Å². The van der Waals surface area contributed by atoms with Crippen molar-refractivity contribution in [2.45, 2.75) is 32.7 Å². The maximum Gasteiger partial charge on any atom is 0.244 e. The van der Waals surface area contributed by atoms with Crippen LogP contribution in [0.3, 0.4) is 0 Å². The maximum absolute atomic E-state index is 12.2. The maximum atomic E-state index is 12.2. The predicted octanol–water partition coefficient (Wildman–Crippen LogP) is 4.03. The Kier molecular flexibility index (Phi) is 6.15. The number of amides is 1. The molecule has 30 heavy (non-hydrogen) atoms. The summed E-state index contributed by atoms with van der Waals surface area (Å²) >= 11 is 0. The molecule has 158 valence electrons. The number of allylic oxidation sites excluding steroid dienone is 1. The molecule has 0 radical (unpaired) electrons. The van der Waals surface area contributed by atoms with Crippen molar-refractivity contribution in [3.8, 4) is 11.5 Å². The summed E-state index contributed by atoms with van der Waals surface area (Å²) in [6, 6.07) is 11.5. The Morgan fingerprint density at radius 2 is 1.97 bits per heavy atom. The number of carbonyl (C=O) groups is 1. The van der Waals surface area contributed by atoms with Crippen LogP contribution in [0.25, 0.3) is 5.57 Å². The molecule has 0 saturated carbocycles.